The van der Waals surface area contributed by atoms with Crippen molar-refractivity contribution in [1.82, 2.24) is 9.80 Å². The van der Waals surface area contributed by atoms with Crippen LogP contribution >= 0.6 is 11.8 Å². The molecule has 2 aromatic carbocycles. The minimum atomic E-state index is -3.72. The lowest BCUT2D eigenvalue weighted by molar-refractivity contribution is 0.0570. The molecule has 0 N–H and O–H groups in total. The summed E-state index contributed by atoms with van der Waals surface area (Å²) < 4.78 is 32.7. The highest BCUT2D eigenvalue weighted by Gasteiger charge is 2.27. The molecule has 0 atom stereocenters. The van der Waals surface area contributed by atoms with Crippen LogP contribution < -0.4 is 4.31 Å². The number of nitrogens with zero attached hydrogens (tertiary/aromatic N) is 3. The van der Waals surface area contributed by atoms with E-state index >= 15 is 0 Å². The summed E-state index contributed by atoms with van der Waals surface area (Å²) in [5, 5.41) is 0. The number of thioether (sulfide) groups is 1. The first-order valence-corrected chi connectivity index (χ1v) is 13.5. The van der Waals surface area contributed by atoms with Crippen LogP contribution in [0.25, 0.3) is 0 Å². The van der Waals surface area contributed by atoms with E-state index in [1.54, 1.807) is 83.9 Å². The first kappa shape index (κ1) is 24.9. The lowest BCUT2D eigenvalue weighted by Gasteiger charge is -2.34. The van der Waals surface area contributed by atoms with Crippen molar-refractivity contribution < 1.29 is 22.7 Å². The smallest absolute Gasteiger partial charge is 0.409 e. The lowest BCUT2D eigenvalue weighted by Crippen LogP contribution is -2.50. The summed E-state index contributed by atoms with van der Waals surface area (Å²) in [5.74, 6) is -0.149. The van der Waals surface area contributed by atoms with Crippen molar-refractivity contribution in [3.05, 3.63) is 54.1 Å². The van der Waals surface area contributed by atoms with Gasteiger partial charge in [-0.3, -0.25) is 9.10 Å². The fourth-order valence-corrected chi connectivity index (χ4v) is 5.51. The fourth-order valence-electron chi connectivity index (χ4n) is 3.63. The van der Waals surface area contributed by atoms with E-state index in [1.807, 2.05) is 6.26 Å². The summed E-state index contributed by atoms with van der Waals surface area (Å²) in [7, 11) is -3.72. The topological polar surface area (TPSA) is 87.2 Å². The van der Waals surface area contributed by atoms with E-state index in [-0.39, 0.29) is 23.4 Å². The second kappa shape index (κ2) is 10.9. The third-order valence-electron chi connectivity index (χ3n) is 5.43. The van der Waals surface area contributed by atoms with Crippen molar-refractivity contribution in [1.29, 1.82) is 0 Å². The number of benzene rings is 2. The van der Waals surface area contributed by atoms with Crippen LogP contribution in [0.15, 0.2) is 58.3 Å². The molecule has 8 nitrogen and oxygen atoms in total. The number of carbonyl (C=O) groups is 2. The Hall–Kier alpha value is -2.72. The molecule has 10 heteroatoms. The van der Waals surface area contributed by atoms with Gasteiger partial charge in [-0.25, -0.2) is 13.2 Å². The molecule has 3 rings (SSSR count). The average Bonchev–Trinajstić information content (AvgIpc) is 2.84. The Labute approximate surface area is 199 Å². The van der Waals surface area contributed by atoms with Gasteiger partial charge in [0.2, 0.25) is 0 Å². The minimum Gasteiger partial charge on any atom is -0.450 e. The molecule has 33 heavy (non-hydrogen) atoms. The normalized spacial score (nSPS) is 14.2. The molecule has 1 aliphatic rings. The van der Waals surface area contributed by atoms with Gasteiger partial charge in [0.1, 0.15) is 0 Å². The average molecular weight is 492 g/mol. The monoisotopic (exact) mass is 491 g/mol. The molecule has 178 valence electrons. The molecule has 0 spiro atoms. The maximum Gasteiger partial charge on any atom is 0.409 e. The summed E-state index contributed by atoms with van der Waals surface area (Å²) >= 11 is 1.55. The molecular formula is C23H29N3O5S2. The second-order valence-corrected chi connectivity index (χ2v) is 10.1. The van der Waals surface area contributed by atoms with Crippen molar-refractivity contribution in [2.24, 2.45) is 0 Å². The van der Waals surface area contributed by atoms with E-state index in [0.717, 1.165) is 4.90 Å². The van der Waals surface area contributed by atoms with Crippen LogP contribution in [0.2, 0.25) is 0 Å². The maximum atomic E-state index is 13.2. The largest absolute Gasteiger partial charge is 0.450 e. The van der Waals surface area contributed by atoms with Crippen LogP contribution in [0.5, 0.6) is 0 Å². The van der Waals surface area contributed by atoms with E-state index in [2.05, 4.69) is 0 Å². The summed E-state index contributed by atoms with van der Waals surface area (Å²) in [6, 6.07) is 13.4. The molecule has 0 aliphatic carbocycles. The van der Waals surface area contributed by atoms with Gasteiger partial charge in [0.05, 0.1) is 17.2 Å². The summed E-state index contributed by atoms with van der Waals surface area (Å²) in [6.07, 6.45) is 1.57. The van der Waals surface area contributed by atoms with Gasteiger partial charge in [0, 0.05) is 43.2 Å². The van der Waals surface area contributed by atoms with E-state index in [0.29, 0.717) is 44.0 Å². The Morgan fingerprint density at radius 3 is 2.03 bits per heavy atom. The van der Waals surface area contributed by atoms with Crippen LogP contribution in [0, 0.1) is 0 Å². The van der Waals surface area contributed by atoms with Crippen LogP contribution in [0.4, 0.5) is 10.5 Å². The predicted octanol–water partition coefficient (Wildman–Crippen LogP) is 3.54. The molecule has 0 unspecified atom stereocenters. The number of carbonyl (C=O) groups excluding carboxylic acids is 2. The number of hydrogen-bond acceptors (Lipinski definition) is 6. The molecule has 0 radical (unpaired) electrons. The highest BCUT2D eigenvalue weighted by molar-refractivity contribution is 7.98. The quantitative estimate of drug-likeness (QED) is 0.551. The molecule has 2 amide bonds. The van der Waals surface area contributed by atoms with Crippen LogP contribution in [-0.2, 0) is 14.8 Å². The zero-order valence-electron chi connectivity index (χ0n) is 19.1. The van der Waals surface area contributed by atoms with Gasteiger partial charge in [0.25, 0.3) is 15.9 Å². The number of sulfonamides is 1. The highest BCUT2D eigenvalue weighted by atomic mass is 32.2. The minimum absolute atomic E-state index is 0.149. The predicted molar refractivity (Wildman–Crippen MR) is 129 cm³/mol. The van der Waals surface area contributed by atoms with Gasteiger partial charge in [-0.05, 0) is 68.6 Å². The van der Waals surface area contributed by atoms with Crippen molar-refractivity contribution in [3.63, 3.8) is 0 Å². The van der Waals surface area contributed by atoms with Crippen LogP contribution in [0.3, 0.4) is 0 Å². The number of piperazine rings is 1. The molecule has 1 saturated heterocycles. The Morgan fingerprint density at radius 1 is 0.939 bits per heavy atom. The van der Waals surface area contributed by atoms with Crippen molar-refractivity contribution in [2.75, 3.05) is 49.9 Å². The number of hydrogen-bond donors (Lipinski definition) is 0. The zero-order valence-corrected chi connectivity index (χ0v) is 20.7. The van der Waals surface area contributed by atoms with Gasteiger partial charge in [0.15, 0.2) is 0 Å². The summed E-state index contributed by atoms with van der Waals surface area (Å²) in [5.41, 5.74) is 0.969. The molecule has 1 aliphatic heterocycles. The standard InChI is InChI=1S/C23H29N3O5S2/c1-4-26(33(29,30)21-12-10-20(32-3)11-13-21)19-8-6-18(7-9-19)22(27)24-14-16-25(17-15-24)23(28)31-5-2/h6-13H,4-5,14-17H2,1-3H3. The first-order valence-electron chi connectivity index (χ1n) is 10.8. The van der Waals surface area contributed by atoms with Gasteiger partial charge in [-0.2, -0.15) is 0 Å². The molecule has 0 aromatic heterocycles. The van der Waals surface area contributed by atoms with E-state index in [1.165, 1.54) is 4.31 Å². The maximum absolute atomic E-state index is 13.2. The van der Waals surface area contributed by atoms with Gasteiger partial charge in [-0.1, -0.05) is 0 Å². The van der Waals surface area contributed by atoms with Gasteiger partial charge < -0.3 is 14.5 Å². The Morgan fingerprint density at radius 2 is 1.52 bits per heavy atom. The van der Waals surface area contributed by atoms with Crippen LogP contribution in [-0.4, -0.2) is 75.8 Å². The van der Waals surface area contributed by atoms with E-state index < -0.39 is 10.0 Å². The molecule has 0 saturated carbocycles. The number of amides is 2. The van der Waals surface area contributed by atoms with Gasteiger partial charge in [-0.15, -0.1) is 11.8 Å². The molecule has 0 bridgehead atoms. The Kier molecular flexibility index (Phi) is 8.25. The third-order valence-corrected chi connectivity index (χ3v) is 8.09. The first-order chi connectivity index (χ1) is 15.8. The number of rotatable bonds is 7. The zero-order chi connectivity index (χ0) is 24.0. The summed E-state index contributed by atoms with van der Waals surface area (Å²) in [6.45, 7) is 5.78. The van der Waals surface area contributed by atoms with Crippen molar-refractivity contribution in [3.8, 4) is 0 Å². The SMILES string of the molecule is CCOC(=O)N1CCN(C(=O)c2ccc(N(CC)S(=O)(=O)c3ccc(SC)cc3)cc2)CC1. The van der Waals surface area contributed by atoms with Crippen LogP contribution in [0.1, 0.15) is 24.2 Å². The van der Waals surface area contributed by atoms with E-state index in [9.17, 15) is 18.0 Å². The number of anilines is 1. The highest BCUT2D eigenvalue weighted by Crippen LogP contribution is 2.26. The van der Waals surface area contributed by atoms with Crippen molar-refractivity contribution in [2.45, 2.75) is 23.6 Å². The third kappa shape index (κ3) is 5.62. The van der Waals surface area contributed by atoms with Gasteiger partial charge >= 0.3 is 6.09 Å². The number of ether oxygens (including phenoxy) is 1. The molecule has 2 aromatic rings. The molecule has 1 fully saturated rings. The lowest BCUT2D eigenvalue weighted by atomic mass is 10.1. The van der Waals surface area contributed by atoms with Crippen molar-refractivity contribution >= 4 is 39.5 Å². The van der Waals surface area contributed by atoms with E-state index in [4.69, 9.17) is 4.74 Å². The Bertz CT molecular complexity index is 1060. The molecular weight excluding hydrogens is 462 g/mol. The second-order valence-electron chi connectivity index (χ2n) is 7.37. The summed E-state index contributed by atoms with van der Waals surface area (Å²) in [4.78, 5) is 29.2. The fraction of sp³-hybridized carbons (Fsp3) is 0.391. The Balaban J connectivity index is 1.70. The molecule has 1 heterocycles.